The third-order valence-electron chi connectivity index (χ3n) is 4.05. The topological polar surface area (TPSA) is 92.1 Å². The first-order chi connectivity index (χ1) is 12.6. The van der Waals surface area contributed by atoms with Gasteiger partial charge in [-0.05, 0) is 42.2 Å². The maximum absolute atomic E-state index is 11.6. The fourth-order valence-electron chi connectivity index (χ4n) is 2.68. The Morgan fingerprint density at radius 1 is 1.27 bits per heavy atom. The van der Waals surface area contributed by atoms with Gasteiger partial charge in [0.25, 0.3) is 5.24 Å². The lowest BCUT2D eigenvalue weighted by molar-refractivity contribution is -0.118. The van der Waals surface area contributed by atoms with Crippen molar-refractivity contribution in [2.75, 3.05) is 6.61 Å². The molecule has 3 rings (SSSR count). The summed E-state index contributed by atoms with van der Waals surface area (Å²) in [4.78, 5) is 27.1. The number of imide groups is 1. The van der Waals surface area contributed by atoms with Gasteiger partial charge in [-0.15, -0.1) is 0 Å². The first kappa shape index (κ1) is 18.1. The predicted molar refractivity (Wildman–Crippen MR) is 101 cm³/mol. The lowest BCUT2D eigenvalue weighted by atomic mass is 10.1. The first-order valence-electron chi connectivity index (χ1n) is 8.31. The molecule has 2 heterocycles. The molecule has 0 spiro atoms. The van der Waals surface area contributed by atoms with Gasteiger partial charge in [-0.2, -0.15) is 0 Å². The summed E-state index contributed by atoms with van der Waals surface area (Å²) in [6.45, 7) is 2.17. The van der Waals surface area contributed by atoms with Crippen molar-refractivity contribution in [3.8, 4) is 5.75 Å². The molecule has 0 bridgehead atoms. The summed E-state index contributed by atoms with van der Waals surface area (Å²) < 4.78 is 5.68. The number of nitrogens with zero attached hydrogens (tertiary/aromatic N) is 1. The van der Waals surface area contributed by atoms with E-state index in [-0.39, 0.29) is 23.0 Å². The normalized spacial score (nSPS) is 16.4. The fourth-order valence-corrected chi connectivity index (χ4v) is 3.54. The minimum absolute atomic E-state index is 0.138. The largest absolute Gasteiger partial charge is 0.487 e. The Balaban J connectivity index is 1.57. The van der Waals surface area contributed by atoms with Crippen LogP contribution in [0.2, 0.25) is 0 Å². The van der Waals surface area contributed by atoms with Crippen LogP contribution in [0.1, 0.15) is 23.7 Å². The van der Waals surface area contributed by atoms with Crippen LogP contribution in [0.3, 0.4) is 0 Å². The SMILES string of the molecule is CCc1cccnc1C(=N)COc1ccc(CC2SC(=O)NC2=O)cc1. The number of rotatable bonds is 7. The average Bonchev–Trinajstić information content (AvgIpc) is 2.97. The average molecular weight is 369 g/mol. The van der Waals surface area contributed by atoms with Gasteiger partial charge in [0.05, 0.1) is 16.7 Å². The number of thioether (sulfide) groups is 1. The predicted octanol–water partition coefficient (Wildman–Crippen LogP) is 2.98. The second-order valence-electron chi connectivity index (χ2n) is 5.86. The molecule has 7 heteroatoms. The Hall–Kier alpha value is -2.67. The molecular weight excluding hydrogens is 350 g/mol. The zero-order valence-corrected chi connectivity index (χ0v) is 15.1. The molecule has 1 saturated heterocycles. The van der Waals surface area contributed by atoms with E-state index in [1.807, 2.05) is 31.2 Å². The summed E-state index contributed by atoms with van der Waals surface area (Å²) in [6, 6.07) is 11.2. The highest BCUT2D eigenvalue weighted by molar-refractivity contribution is 8.15. The van der Waals surface area contributed by atoms with Gasteiger partial charge in [0, 0.05) is 6.20 Å². The quantitative estimate of drug-likeness (QED) is 0.732. The zero-order chi connectivity index (χ0) is 18.5. The second kappa shape index (κ2) is 8.14. The number of hydrogen-bond donors (Lipinski definition) is 2. The molecule has 6 nitrogen and oxygen atoms in total. The van der Waals surface area contributed by atoms with Crippen molar-refractivity contribution in [1.29, 1.82) is 5.41 Å². The van der Waals surface area contributed by atoms with Crippen molar-refractivity contribution in [1.82, 2.24) is 10.3 Å². The number of amides is 2. The molecule has 0 aliphatic carbocycles. The molecule has 1 unspecified atom stereocenters. The smallest absolute Gasteiger partial charge is 0.286 e. The lowest BCUT2D eigenvalue weighted by Gasteiger charge is -2.11. The van der Waals surface area contributed by atoms with Gasteiger partial charge in [-0.1, -0.05) is 36.9 Å². The van der Waals surface area contributed by atoms with Gasteiger partial charge in [0.1, 0.15) is 12.4 Å². The van der Waals surface area contributed by atoms with Crippen molar-refractivity contribution in [3.63, 3.8) is 0 Å². The number of aryl methyl sites for hydroxylation is 1. The highest BCUT2D eigenvalue weighted by atomic mass is 32.2. The number of nitrogens with one attached hydrogen (secondary N) is 2. The molecule has 2 aromatic rings. The van der Waals surface area contributed by atoms with Gasteiger partial charge in [0.2, 0.25) is 5.91 Å². The maximum Gasteiger partial charge on any atom is 0.286 e. The van der Waals surface area contributed by atoms with E-state index in [2.05, 4.69) is 10.3 Å². The maximum atomic E-state index is 11.6. The highest BCUT2D eigenvalue weighted by Gasteiger charge is 2.31. The molecule has 1 atom stereocenters. The van der Waals surface area contributed by atoms with Crippen LogP contribution < -0.4 is 10.1 Å². The van der Waals surface area contributed by atoms with E-state index in [1.54, 1.807) is 18.3 Å². The molecule has 2 N–H and O–H groups in total. The summed E-state index contributed by atoms with van der Waals surface area (Å²) >= 11 is 1.02. The van der Waals surface area contributed by atoms with Crippen molar-refractivity contribution >= 4 is 28.6 Å². The Labute approximate surface area is 155 Å². The first-order valence-corrected chi connectivity index (χ1v) is 9.19. The Morgan fingerprint density at radius 3 is 2.69 bits per heavy atom. The molecule has 1 aliphatic heterocycles. The minimum Gasteiger partial charge on any atom is -0.487 e. The van der Waals surface area contributed by atoms with Crippen LogP contribution in [0.25, 0.3) is 0 Å². The lowest BCUT2D eigenvalue weighted by Crippen LogP contribution is -2.25. The molecule has 2 amide bonds. The van der Waals surface area contributed by atoms with Gasteiger partial charge in [-0.25, -0.2) is 0 Å². The van der Waals surface area contributed by atoms with Crippen LogP contribution in [0.15, 0.2) is 42.6 Å². The Morgan fingerprint density at radius 2 is 2.04 bits per heavy atom. The molecule has 1 aromatic carbocycles. The van der Waals surface area contributed by atoms with Crippen LogP contribution in [0, 0.1) is 5.41 Å². The molecule has 0 saturated carbocycles. The Bertz CT molecular complexity index is 836. The van der Waals surface area contributed by atoms with E-state index in [4.69, 9.17) is 10.1 Å². The summed E-state index contributed by atoms with van der Waals surface area (Å²) in [5.74, 6) is 0.406. The van der Waals surface area contributed by atoms with Gasteiger partial charge < -0.3 is 4.74 Å². The summed E-state index contributed by atoms with van der Waals surface area (Å²) in [5.41, 5.74) is 2.98. The molecule has 134 valence electrons. The molecule has 1 aliphatic rings. The summed E-state index contributed by atoms with van der Waals surface area (Å²) in [7, 11) is 0. The van der Waals surface area contributed by atoms with Gasteiger partial charge in [-0.3, -0.25) is 25.3 Å². The van der Waals surface area contributed by atoms with Crippen molar-refractivity contribution in [3.05, 3.63) is 59.4 Å². The van der Waals surface area contributed by atoms with Crippen LogP contribution in [0.4, 0.5) is 4.79 Å². The van der Waals surface area contributed by atoms with E-state index in [1.165, 1.54) is 0 Å². The standard InChI is InChI=1S/C19H19N3O3S/c1-2-13-4-3-9-21-17(13)15(20)11-25-14-7-5-12(6-8-14)10-16-18(23)22-19(24)26-16/h3-9,16,20H,2,10-11H2,1H3,(H,22,23,24). The zero-order valence-electron chi connectivity index (χ0n) is 14.3. The van der Waals surface area contributed by atoms with Gasteiger partial charge in [0.15, 0.2) is 0 Å². The summed E-state index contributed by atoms with van der Waals surface area (Å²) in [6.07, 6.45) is 2.99. The van der Waals surface area contributed by atoms with E-state index in [0.717, 1.165) is 29.3 Å². The third-order valence-corrected chi connectivity index (χ3v) is 5.03. The van der Waals surface area contributed by atoms with Crippen molar-refractivity contribution < 1.29 is 14.3 Å². The van der Waals surface area contributed by atoms with E-state index >= 15 is 0 Å². The molecule has 26 heavy (non-hydrogen) atoms. The monoisotopic (exact) mass is 369 g/mol. The van der Waals surface area contributed by atoms with E-state index in [9.17, 15) is 9.59 Å². The molecule has 0 radical (unpaired) electrons. The van der Waals surface area contributed by atoms with Crippen molar-refractivity contribution in [2.24, 2.45) is 0 Å². The highest BCUT2D eigenvalue weighted by Crippen LogP contribution is 2.24. The second-order valence-corrected chi connectivity index (χ2v) is 7.04. The number of pyridine rings is 1. The minimum atomic E-state index is -0.376. The number of aromatic nitrogens is 1. The van der Waals surface area contributed by atoms with Crippen LogP contribution in [-0.2, 0) is 17.6 Å². The van der Waals surface area contributed by atoms with Crippen LogP contribution in [0.5, 0.6) is 5.75 Å². The fraction of sp³-hybridized carbons (Fsp3) is 0.263. The van der Waals surface area contributed by atoms with E-state index < -0.39 is 0 Å². The number of carbonyl (C=O) groups excluding carboxylic acids is 2. The third kappa shape index (κ3) is 4.29. The number of carbonyl (C=O) groups is 2. The molecular formula is C19H19N3O3S. The molecule has 1 aromatic heterocycles. The van der Waals surface area contributed by atoms with Crippen LogP contribution in [-0.4, -0.2) is 33.7 Å². The summed E-state index contributed by atoms with van der Waals surface area (Å²) in [5, 5.41) is 9.81. The van der Waals surface area contributed by atoms with Crippen LogP contribution >= 0.6 is 11.8 Å². The number of hydrogen-bond acceptors (Lipinski definition) is 6. The molecule has 1 fully saturated rings. The van der Waals surface area contributed by atoms with Gasteiger partial charge >= 0.3 is 0 Å². The van der Waals surface area contributed by atoms with E-state index in [0.29, 0.717) is 23.6 Å². The number of benzene rings is 1. The van der Waals surface area contributed by atoms with Crippen molar-refractivity contribution in [2.45, 2.75) is 25.0 Å². The number of ether oxygens (including phenoxy) is 1. The Kier molecular flexibility index (Phi) is 5.68.